The van der Waals surface area contributed by atoms with Crippen LogP contribution < -0.4 is 0 Å². The molecule has 0 amide bonds. The van der Waals surface area contributed by atoms with E-state index in [2.05, 4.69) is 9.97 Å². The molecule has 0 bridgehead atoms. The average molecular weight is 342 g/mol. The summed E-state index contributed by atoms with van der Waals surface area (Å²) in [5, 5.41) is 11.4. The van der Waals surface area contributed by atoms with Gasteiger partial charge in [0.15, 0.2) is 0 Å². The topological polar surface area (TPSA) is 53.8 Å². The van der Waals surface area contributed by atoms with Crippen LogP contribution in [0, 0.1) is 5.82 Å². The summed E-state index contributed by atoms with van der Waals surface area (Å²) in [6.07, 6.45) is 3.33. The number of halogens is 2. The highest BCUT2D eigenvalue weighted by Gasteiger charge is 2.14. The zero-order valence-corrected chi connectivity index (χ0v) is 13.3. The maximum absolute atomic E-state index is 13.3. The van der Waals surface area contributed by atoms with Gasteiger partial charge in [-0.3, -0.25) is 0 Å². The van der Waals surface area contributed by atoms with E-state index < -0.39 is 0 Å². The van der Waals surface area contributed by atoms with E-state index in [0.717, 1.165) is 16.6 Å². The van der Waals surface area contributed by atoms with Crippen molar-refractivity contribution in [3.05, 3.63) is 71.5 Å². The van der Waals surface area contributed by atoms with Crippen molar-refractivity contribution in [3.63, 3.8) is 0 Å². The monoisotopic (exact) mass is 341 g/mol. The zero-order valence-electron chi connectivity index (χ0n) is 12.5. The van der Waals surface area contributed by atoms with Gasteiger partial charge in [0.2, 0.25) is 0 Å². The molecule has 4 rings (SSSR count). The zero-order chi connectivity index (χ0) is 16.7. The lowest BCUT2D eigenvalue weighted by molar-refractivity contribution is 0.477. The minimum Gasteiger partial charge on any atom is -0.507 e. The first-order chi connectivity index (χ1) is 11.6. The maximum Gasteiger partial charge on any atom is 0.126 e. The number of fused-ring (bicyclic) bond motifs is 1. The number of phenolic OH excluding ortho intramolecular Hbond substituents is 1. The summed E-state index contributed by atoms with van der Waals surface area (Å²) in [4.78, 5) is 7.42. The number of nitrogens with one attached hydrogen (secondary N) is 1. The standard InChI is InChI=1S/C18H13ClFN3O/c19-14-2-1-3-17(24)18(14)16-8-21-10-23(16)9-13-7-11-6-12(20)4-5-15(11)22-13/h1-8,10,22,24H,9H2. The molecule has 2 N–H and O–H groups in total. The molecular weight excluding hydrogens is 329 g/mol. The molecule has 0 saturated carbocycles. The molecule has 0 aliphatic heterocycles. The number of rotatable bonds is 3. The second-order valence-electron chi connectivity index (χ2n) is 5.57. The van der Waals surface area contributed by atoms with E-state index in [1.807, 2.05) is 10.6 Å². The largest absolute Gasteiger partial charge is 0.507 e. The van der Waals surface area contributed by atoms with Crippen LogP contribution in [-0.2, 0) is 6.54 Å². The van der Waals surface area contributed by atoms with Crippen LogP contribution in [0.15, 0.2) is 55.0 Å². The molecule has 24 heavy (non-hydrogen) atoms. The summed E-state index contributed by atoms with van der Waals surface area (Å²) in [7, 11) is 0. The van der Waals surface area contributed by atoms with Crippen LogP contribution in [0.1, 0.15) is 5.69 Å². The molecule has 0 fully saturated rings. The summed E-state index contributed by atoms with van der Waals surface area (Å²) in [6.45, 7) is 0.496. The van der Waals surface area contributed by atoms with Gasteiger partial charge in [-0.05, 0) is 36.4 Å². The molecule has 2 aromatic heterocycles. The molecule has 2 heterocycles. The SMILES string of the molecule is Oc1cccc(Cl)c1-c1cncn1Cc1cc2cc(F)ccc2[nH]1. The van der Waals surface area contributed by atoms with Gasteiger partial charge in [-0.1, -0.05) is 17.7 Å². The predicted octanol–water partition coefficient (Wildman–Crippen LogP) is 4.58. The molecule has 0 spiro atoms. The third-order valence-electron chi connectivity index (χ3n) is 3.94. The lowest BCUT2D eigenvalue weighted by atomic mass is 10.1. The number of H-pyrrole nitrogens is 1. The van der Waals surface area contributed by atoms with Gasteiger partial charge in [0, 0.05) is 16.6 Å². The Labute approximate surface area is 142 Å². The molecule has 0 radical (unpaired) electrons. The number of aromatic hydroxyl groups is 1. The van der Waals surface area contributed by atoms with Crippen LogP contribution in [0.3, 0.4) is 0 Å². The number of imidazole rings is 1. The van der Waals surface area contributed by atoms with Crippen LogP contribution >= 0.6 is 11.6 Å². The van der Waals surface area contributed by atoms with Crippen LogP contribution in [0.25, 0.3) is 22.2 Å². The molecule has 4 aromatic rings. The second kappa shape index (κ2) is 5.69. The Hall–Kier alpha value is -2.79. The summed E-state index contributed by atoms with van der Waals surface area (Å²) in [6, 6.07) is 11.5. The molecule has 120 valence electrons. The van der Waals surface area contributed by atoms with Gasteiger partial charge in [-0.15, -0.1) is 0 Å². The van der Waals surface area contributed by atoms with Crippen molar-refractivity contribution in [2.45, 2.75) is 6.54 Å². The molecule has 0 atom stereocenters. The first-order valence-electron chi connectivity index (χ1n) is 7.37. The van der Waals surface area contributed by atoms with E-state index >= 15 is 0 Å². The van der Waals surface area contributed by atoms with Crippen molar-refractivity contribution in [1.82, 2.24) is 14.5 Å². The van der Waals surface area contributed by atoms with Crippen molar-refractivity contribution < 1.29 is 9.50 Å². The Morgan fingerprint density at radius 2 is 2.08 bits per heavy atom. The van der Waals surface area contributed by atoms with Crippen molar-refractivity contribution in [1.29, 1.82) is 0 Å². The van der Waals surface area contributed by atoms with Gasteiger partial charge in [0.25, 0.3) is 0 Å². The van der Waals surface area contributed by atoms with Gasteiger partial charge < -0.3 is 14.7 Å². The third kappa shape index (κ3) is 2.53. The summed E-state index contributed by atoms with van der Waals surface area (Å²) >= 11 is 6.23. The minimum absolute atomic E-state index is 0.1000. The second-order valence-corrected chi connectivity index (χ2v) is 5.97. The Morgan fingerprint density at radius 1 is 1.21 bits per heavy atom. The molecule has 6 heteroatoms. The van der Waals surface area contributed by atoms with Gasteiger partial charge >= 0.3 is 0 Å². The van der Waals surface area contributed by atoms with E-state index in [1.54, 1.807) is 36.8 Å². The molecule has 2 aromatic carbocycles. The highest BCUT2D eigenvalue weighted by atomic mass is 35.5. The quantitative estimate of drug-likeness (QED) is 0.573. The number of hydrogen-bond donors (Lipinski definition) is 2. The van der Waals surface area contributed by atoms with Crippen molar-refractivity contribution in [2.75, 3.05) is 0 Å². The van der Waals surface area contributed by atoms with Gasteiger partial charge in [0.1, 0.15) is 11.6 Å². The molecule has 0 unspecified atom stereocenters. The smallest absolute Gasteiger partial charge is 0.126 e. The predicted molar refractivity (Wildman–Crippen MR) is 91.7 cm³/mol. The lowest BCUT2D eigenvalue weighted by Gasteiger charge is -2.10. The number of aromatic amines is 1. The molecule has 0 aliphatic carbocycles. The Balaban J connectivity index is 1.74. The van der Waals surface area contributed by atoms with E-state index in [9.17, 15) is 9.50 Å². The molecule has 4 nitrogen and oxygen atoms in total. The van der Waals surface area contributed by atoms with E-state index in [1.165, 1.54) is 12.1 Å². The number of phenols is 1. The van der Waals surface area contributed by atoms with Gasteiger partial charge in [-0.25, -0.2) is 9.37 Å². The van der Waals surface area contributed by atoms with Crippen molar-refractivity contribution in [3.8, 4) is 17.0 Å². The van der Waals surface area contributed by atoms with E-state index in [4.69, 9.17) is 11.6 Å². The highest BCUT2D eigenvalue weighted by molar-refractivity contribution is 6.33. The lowest BCUT2D eigenvalue weighted by Crippen LogP contribution is -2.01. The Kier molecular flexibility index (Phi) is 3.50. The van der Waals surface area contributed by atoms with Crippen molar-refractivity contribution >= 4 is 22.5 Å². The molecule has 0 saturated heterocycles. The number of benzene rings is 2. The first kappa shape index (κ1) is 14.8. The Morgan fingerprint density at radius 3 is 2.92 bits per heavy atom. The number of nitrogens with zero attached hydrogens (tertiary/aromatic N) is 2. The number of aromatic nitrogens is 3. The van der Waals surface area contributed by atoms with E-state index in [-0.39, 0.29) is 11.6 Å². The van der Waals surface area contributed by atoms with E-state index in [0.29, 0.717) is 22.8 Å². The highest BCUT2D eigenvalue weighted by Crippen LogP contribution is 2.35. The van der Waals surface area contributed by atoms with Crippen LogP contribution in [0.2, 0.25) is 5.02 Å². The fourth-order valence-electron chi connectivity index (χ4n) is 2.85. The molecule has 0 aliphatic rings. The van der Waals surface area contributed by atoms with Gasteiger partial charge in [0.05, 0.1) is 35.3 Å². The number of hydrogen-bond acceptors (Lipinski definition) is 2. The Bertz CT molecular complexity index is 1020. The van der Waals surface area contributed by atoms with Crippen LogP contribution in [0.5, 0.6) is 5.75 Å². The first-order valence-corrected chi connectivity index (χ1v) is 7.75. The molecular formula is C18H13ClFN3O. The fraction of sp³-hybridized carbons (Fsp3) is 0.0556. The van der Waals surface area contributed by atoms with Crippen LogP contribution in [-0.4, -0.2) is 19.6 Å². The summed E-state index contributed by atoms with van der Waals surface area (Å²) in [5.41, 5.74) is 3.02. The maximum atomic E-state index is 13.3. The van der Waals surface area contributed by atoms with Crippen molar-refractivity contribution in [2.24, 2.45) is 0 Å². The minimum atomic E-state index is -0.266. The fourth-order valence-corrected chi connectivity index (χ4v) is 3.12. The summed E-state index contributed by atoms with van der Waals surface area (Å²) in [5.74, 6) is -0.166. The van der Waals surface area contributed by atoms with Gasteiger partial charge in [-0.2, -0.15) is 0 Å². The average Bonchev–Trinajstić information content (AvgIpc) is 3.14. The summed E-state index contributed by atoms with van der Waals surface area (Å²) < 4.78 is 15.2. The normalized spacial score (nSPS) is 11.2. The third-order valence-corrected chi connectivity index (χ3v) is 4.25. The van der Waals surface area contributed by atoms with Crippen LogP contribution in [0.4, 0.5) is 4.39 Å².